The monoisotopic (exact) mass is 361 g/mol. The third-order valence-corrected chi connectivity index (χ3v) is 4.94. The number of carbonyl (C=O) groups excluding carboxylic acids is 2. The predicted molar refractivity (Wildman–Crippen MR) is 98.3 cm³/mol. The minimum absolute atomic E-state index is 0.101. The number of nitrogens with zero attached hydrogens (tertiary/aromatic N) is 3. The first-order valence-electron chi connectivity index (χ1n) is 8.13. The van der Waals surface area contributed by atoms with Crippen LogP contribution in [0.25, 0.3) is 0 Å². The van der Waals surface area contributed by atoms with Gasteiger partial charge in [0.05, 0.1) is 5.25 Å². The van der Waals surface area contributed by atoms with Crippen LogP contribution in [0.15, 0.2) is 29.4 Å². The van der Waals surface area contributed by atoms with Gasteiger partial charge in [-0.2, -0.15) is 0 Å². The first-order chi connectivity index (χ1) is 11.9. The van der Waals surface area contributed by atoms with Gasteiger partial charge in [0.25, 0.3) is 0 Å². The summed E-state index contributed by atoms with van der Waals surface area (Å²) >= 11 is 1.32. The van der Waals surface area contributed by atoms with Crippen molar-refractivity contribution in [1.82, 2.24) is 14.8 Å². The standard InChI is InChI=1S/C17H23N5O2S/c1-4-12-5-7-13(8-6-12)19-16(24)11(2)25-17-21-20-15(22(17)3)10-9-14(18)23/h5-8,11H,4,9-10H2,1-3H3,(H2,18,23)(H,19,24)/t11-/m0/s1. The fourth-order valence-electron chi connectivity index (χ4n) is 2.18. The van der Waals surface area contributed by atoms with Crippen molar-refractivity contribution in [3.8, 4) is 0 Å². The number of aromatic nitrogens is 3. The molecule has 2 amide bonds. The average molecular weight is 361 g/mol. The van der Waals surface area contributed by atoms with Gasteiger partial charge in [0.1, 0.15) is 5.82 Å². The maximum absolute atomic E-state index is 12.4. The van der Waals surface area contributed by atoms with E-state index in [9.17, 15) is 9.59 Å². The lowest BCUT2D eigenvalue weighted by atomic mass is 10.1. The molecule has 0 fully saturated rings. The minimum atomic E-state index is -0.376. The molecule has 2 rings (SSSR count). The summed E-state index contributed by atoms with van der Waals surface area (Å²) in [6.45, 7) is 3.91. The van der Waals surface area contributed by atoms with Crippen LogP contribution in [0.3, 0.4) is 0 Å². The zero-order valence-corrected chi connectivity index (χ0v) is 15.5. The van der Waals surface area contributed by atoms with Gasteiger partial charge in [0.2, 0.25) is 11.8 Å². The molecule has 0 bridgehead atoms. The van der Waals surface area contributed by atoms with Crippen molar-refractivity contribution in [3.05, 3.63) is 35.7 Å². The van der Waals surface area contributed by atoms with Crippen molar-refractivity contribution in [2.75, 3.05) is 5.32 Å². The van der Waals surface area contributed by atoms with E-state index < -0.39 is 0 Å². The lowest BCUT2D eigenvalue weighted by molar-refractivity contribution is -0.118. The molecule has 0 unspecified atom stereocenters. The fourth-order valence-corrected chi connectivity index (χ4v) is 3.01. The zero-order chi connectivity index (χ0) is 18.4. The van der Waals surface area contributed by atoms with Gasteiger partial charge in [-0.05, 0) is 31.0 Å². The Morgan fingerprint density at radius 1 is 1.28 bits per heavy atom. The van der Waals surface area contributed by atoms with Crippen LogP contribution in [0.5, 0.6) is 0 Å². The molecule has 0 radical (unpaired) electrons. The third kappa shape index (κ3) is 5.32. The molecule has 0 aliphatic carbocycles. The zero-order valence-electron chi connectivity index (χ0n) is 14.7. The summed E-state index contributed by atoms with van der Waals surface area (Å²) in [6.07, 6.45) is 1.62. The number of amides is 2. The van der Waals surface area contributed by atoms with E-state index in [1.807, 2.05) is 38.2 Å². The maximum atomic E-state index is 12.4. The van der Waals surface area contributed by atoms with Crippen molar-refractivity contribution in [2.24, 2.45) is 12.8 Å². The summed E-state index contributed by atoms with van der Waals surface area (Å²) in [5.41, 5.74) is 7.15. The number of aryl methyl sites for hydroxylation is 2. The second kappa shape index (κ2) is 8.66. The lowest BCUT2D eigenvalue weighted by Crippen LogP contribution is -2.22. The Morgan fingerprint density at radius 3 is 2.56 bits per heavy atom. The summed E-state index contributed by atoms with van der Waals surface area (Å²) in [4.78, 5) is 23.2. The van der Waals surface area contributed by atoms with Crippen LogP contribution in [-0.4, -0.2) is 31.8 Å². The van der Waals surface area contributed by atoms with Gasteiger partial charge >= 0.3 is 0 Å². The summed E-state index contributed by atoms with van der Waals surface area (Å²) in [5, 5.41) is 11.3. The van der Waals surface area contributed by atoms with Crippen molar-refractivity contribution in [1.29, 1.82) is 0 Å². The van der Waals surface area contributed by atoms with Gasteiger partial charge in [0, 0.05) is 25.6 Å². The largest absolute Gasteiger partial charge is 0.370 e. The second-order valence-corrected chi connectivity index (χ2v) is 7.03. The Balaban J connectivity index is 1.95. The van der Waals surface area contributed by atoms with E-state index >= 15 is 0 Å². The van der Waals surface area contributed by atoms with Crippen molar-refractivity contribution >= 4 is 29.3 Å². The molecule has 7 nitrogen and oxygen atoms in total. The average Bonchev–Trinajstić information content (AvgIpc) is 2.93. The minimum Gasteiger partial charge on any atom is -0.370 e. The number of rotatable bonds is 8. The molecule has 134 valence electrons. The lowest BCUT2D eigenvalue weighted by Gasteiger charge is -2.12. The smallest absolute Gasteiger partial charge is 0.237 e. The molecule has 0 spiro atoms. The highest BCUT2D eigenvalue weighted by atomic mass is 32.2. The highest BCUT2D eigenvalue weighted by Gasteiger charge is 2.19. The molecule has 1 heterocycles. The highest BCUT2D eigenvalue weighted by molar-refractivity contribution is 8.00. The van der Waals surface area contributed by atoms with Crippen molar-refractivity contribution in [2.45, 2.75) is 43.5 Å². The Labute approximate surface area is 151 Å². The van der Waals surface area contributed by atoms with Gasteiger partial charge in [-0.3, -0.25) is 9.59 Å². The molecule has 8 heteroatoms. The molecule has 1 aromatic carbocycles. The molecule has 1 atom stereocenters. The summed E-state index contributed by atoms with van der Waals surface area (Å²) < 4.78 is 1.79. The Bertz CT molecular complexity index is 742. The molecule has 1 aromatic heterocycles. The Morgan fingerprint density at radius 2 is 1.96 bits per heavy atom. The molecule has 0 saturated heterocycles. The van der Waals surface area contributed by atoms with Crippen LogP contribution in [-0.2, 0) is 29.5 Å². The predicted octanol–water partition coefficient (Wildman–Crippen LogP) is 1.91. The number of carbonyl (C=O) groups is 2. The molecular weight excluding hydrogens is 338 g/mol. The number of hydrogen-bond acceptors (Lipinski definition) is 5. The van der Waals surface area contributed by atoms with Crippen LogP contribution >= 0.6 is 11.8 Å². The fraction of sp³-hybridized carbons (Fsp3) is 0.412. The Kier molecular flexibility index (Phi) is 6.58. The van der Waals surface area contributed by atoms with Crippen LogP contribution in [0.4, 0.5) is 5.69 Å². The van der Waals surface area contributed by atoms with Crippen LogP contribution in [0.1, 0.15) is 31.7 Å². The van der Waals surface area contributed by atoms with Gasteiger partial charge in [-0.25, -0.2) is 0 Å². The summed E-state index contributed by atoms with van der Waals surface area (Å²) in [6, 6.07) is 7.80. The molecule has 0 aliphatic rings. The molecule has 25 heavy (non-hydrogen) atoms. The van der Waals surface area contributed by atoms with Gasteiger partial charge < -0.3 is 15.6 Å². The maximum Gasteiger partial charge on any atom is 0.237 e. The van der Waals surface area contributed by atoms with Crippen molar-refractivity contribution < 1.29 is 9.59 Å². The normalized spacial score (nSPS) is 12.0. The van der Waals surface area contributed by atoms with Crippen molar-refractivity contribution in [3.63, 3.8) is 0 Å². The number of hydrogen-bond donors (Lipinski definition) is 2. The van der Waals surface area contributed by atoms with Crippen LogP contribution in [0.2, 0.25) is 0 Å². The summed E-state index contributed by atoms with van der Waals surface area (Å²) in [5.74, 6) is 0.194. The molecule has 0 saturated carbocycles. The number of benzene rings is 1. The van der Waals surface area contributed by atoms with E-state index in [1.165, 1.54) is 17.3 Å². The molecule has 3 N–H and O–H groups in total. The quantitative estimate of drug-likeness (QED) is 0.699. The van der Waals surface area contributed by atoms with Crippen LogP contribution in [0, 0.1) is 0 Å². The van der Waals surface area contributed by atoms with E-state index in [1.54, 1.807) is 4.57 Å². The SMILES string of the molecule is CCc1ccc(NC(=O)[C@H](C)Sc2nnc(CCC(N)=O)n2C)cc1. The first-order valence-corrected chi connectivity index (χ1v) is 9.01. The van der Waals surface area contributed by atoms with Gasteiger partial charge in [0.15, 0.2) is 5.16 Å². The summed E-state index contributed by atoms with van der Waals surface area (Å²) in [7, 11) is 1.81. The number of anilines is 1. The van der Waals surface area contributed by atoms with Gasteiger partial charge in [-0.15, -0.1) is 10.2 Å². The molecular formula is C17H23N5O2S. The van der Waals surface area contributed by atoms with E-state index in [0.29, 0.717) is 17.4 Å². The topological polar surface area (TPSA) is 103 Å². The van der Waals surface area contributed by atoms with Gasteiger partial charge in [-0.1, -0.05) is 30.8 Å². The third-order valence-electron chi connectivity index (χ3n) is 3.80. The van der Waals surface area contributed by atoms with Crippen LogP contribution < -0.4 is 11.1 Å². The van der Waals surface area contributed by atoms with E-state index in [4.69, 9.17) is 5.73 Å². The van der Waals surface area contributed by atoms with E-state index in [2.05, 4.69) is 22.4 Å². The van der Waals surface area contributed by atoms with E-state index in [-0.39, 0.29) is 23.5 Å². The second-order valence-electron chi connectivity index (χ2n) is 5.72. The number of thioether (sulfide) groups is 1. The Hall–Kier alpha value is -2.35. The number of primary amides is 1. The highest BCUT2D eigenvalue weighted by Crippen LogP contribution is 2.23. The first kappa shape index (κ1) is 19.0. The number of nitrogens with two attached hydrogens (primary N) is 1. The molecule has 2 aromatic rings. The molecule has 0 aliphatic heterocycles. The van der Waals surface area contributed by atoms with E-state index in [0.717, 1.165) is 12.1 Å². The number of nitrogens with one attached hydrogen (secondary N) is 1.